The van der Waals surface area contributed by atoms with Crippen molar-refractivity contribution >= 4 is 37.6 Å². The van der Waals surface area contributed by atoms with Crippen molar-refractivity contribution in [3.63, 3.8) is 0 Å². The lowest BCUT2D eigenvalue weighted by atomic mass is 10.2. The summed E-state index contributed by atoms with van der Waals surface area (Å²) in [6, 6.07) is 5.06. The second-order valence-corrected chi connectivity index (χ2v) is 7.45. The van der Waals surface area contributed by atoms with Gasteiger partial charge < -0.3 is 9.15 Å². The predicted octanol–water partition coefficient (Wildman–Crippen LogP) is 3.55. The highest BCUT2D eigenvalue weighted by Crippen LogP contribution is 2.30. The third-order valence-electron chi connectivity index (χ3n) is 3.29. The summed E-state index contributed by atoms with van der Waals surface area (Å²) < 4.78 is 38.5. The Hall–Kier alpha value is -1.80. The SMILES string of the molecule is COC(=O)c1c(C)oc(C)c1S(=O)(=O)Nc1ccc(C)c(Br)c1. The van der Waals surface area contributed by atoms with Gasteiger partial charge in [-0.2, -0.15) is 0 Å². The number of anilines is 1. The zero-order valence-electron chi connectivity index (χ0n) is 13.1. The molecule has 0 saturated heterocycles. The van der Waals surface area contributed by atoms with Crippen molar-refractivity contribution in [3.8, 4) is 0 Å². The molecule has 0 spiro atoms. The van der Waals surface area contributed by atoms with Gasteiger partial charge in [-0.1, -0.05) is 22.0 Å². The average molecular weight is 402 g/mol. The van der Waals surface area contributed by atoms with E-state index in [2.05, 4.69) is 25.4 Å². The van der Waals surface area contributed by atoms with Gasteiger partial charge in [-0.05, 0) is 38.5 Å². The number of hydrogen-bond acceptors (Lipinski definition) is 5. The Morgan fingerprint density at radius 3 is 2.43 bits per heavy atom. The minimum absolute atomic E-state index is 0.0938. The lowest BCUT2D eigenvalue weighted by molar-refractivity contribution is 0.0595. The molecule has 8 heteroatoms. The molecule has 0 bridgehead atoms. The maximum absolute atomic E-state index is 12.7. The van der Waals surface area contributed by atoms with Crippen LogP contribution in [0, 0.1) is 20.8 Å². The summed E-state index contributed by atoms with van der Waals surface area (Å²) in [5.41, 5.74) is 1.25. The zero-order chi connectivity index (χ0) is 17.4. The molecule has 0 atom stereocenters. The average Bonchev–Trinajstić information content (AvgIpc) is 2.77. The normalized spacial score (nSPS) is 11.3. The first-order chi connectivity index (χ1) is 10.7. The number of halogens is 1. The summed E-state index contributed by atoms with van der Waals surface area (Å²) in [5, 5.41) is 0. The first-order valence-corrected chi connectivity index (χ1v) is 8.92. The van der Waals surface area contributed by atoms with Gasteiger partial charge in [0.15, 0.2) is 0 Å². The smallest absolute Gasteiger partial charge is 0.342 e. The van der Waals surface area contributed by atoms with E-state index in [4.69, 9.17) is 4.42 Å². The van der Waals surface area contributed by atoms with Crippen molar-refractivity contribution in [1.29, 1.82) is 0 Å². The summed E-state index contributed by atoms with van der Waals surface area (Å²) >= 11 is 3.35. The van der Waals surface area contributed by atoms with Crippen LogP contribution in [0.4, 0.5) is 5.69 Å². The van der Waals surface area contributed by atoms with Gasteiger partial charge in [-0.25, -0.2) is 13.2 Å². The lowest BCUT2D eigenvalue weighted by Gasteiger charge is -2.10. The van der Waals surface area contributed by atoms with Gasteiger partial charge in [0.1, 0.15) is 22.0 Å². The van der Waals surface area contributed by atoms with E-state index in [0.717, 1.165) is 10.0 Å². The van der Waals surface area contributed by atoms with Crippen LogP contribution in [0.5, 0.6) is 0 Å². The summed E-state index contributed by atoms with van der Waals surface area (Å²) in [6.45, 7) is 4.89. The van der Waals surface area contributed by atoms with Crippen molar-refractivity contribution in [1.82, 2.24) is 0 Å². The maximum atomic E-state index is 12.7. The first kappa shape index (κ1) is 17.6. The quantitative estimate of drug-likeness (QED) is 0.791. The Labute approximate surface area is 143 Å². The molecule has 0 aliphatic rings. The Kier molecular flexibility index (Phi) is 4.86. The minimum atomic E-state index is -4.00. The number of sulfonamides is 1. The van der Waals surface area contributed by atoms with Gasteiger partial charge in [-0.15, -0.1) is 0 Å². The van der Waals surface area contributed by atoms with Crippen LogP contribution in [0.2, 0.25) is 0 Å². The topological polar surface area (TPSA) is 85.6 Å². The third-order valence-corrected chi connectivity index (χ3v) is 5.68. The molecule has 0 radical (unpaired) electrons. The second-order valence-electron chi connectivity index (χ2n) is 4.98. The molecule has 0 unspecified atom stereocenters. The molecule has 23 heavy (non-hydrogen) atoms. The number of ether oxygens (including phenoxy) is 1. The highest BCUT2D eigenvalue weighted by Gasteiger charge is 2.31. The van der Waals surface area contributed by atoms with Gasteiger partial charge in [0.25, 0.3) is 10.0 Å². The maximum Gasteiger partial charge on any atom is 0.342 e. The van der Waals surface area contributed by atoms with Crippen molar-refractivity contribution in [2.24, 2.45) is 0 Å². The Bertz CT molecular complexity index is 870. The van der Waals surface area contributed by atoms with Crippen LogP contribution < -0.4 is 4.72 Å². The third kappa shape index (κ3) is 3.42. The summed E-state index contributed by atoms with van der Waals surface area (Å²) in [5.74, 6) is -0.439. The molecule has 0 amide bonds. The number of aryl methyl sites for hydroxylation is 3. The number of hydrogen-bond donors (Lipinski definition) is 1. The molecule has 2 aromatic rings. The summed E-state index contributed by atoms with van der Waals surface area (Å²) in [4.78, 5) is 11.7. The Balaban J connectivity index is 2.52. The number of methoxy groups -OCH3 is 1. The number of nitrogens with one attached hydrogen (secondary N) is 1. The fourth-order valence-electron chi connectivity index (χ4n) is 2.19. The van der Waals surface area contributed by atoms with Gasteiger partial charge >= 0.3 is 5.97 Å². The van der Waals surface area contributed by atoms with E-state index >= 15 is 0 Å². The van der Waals surface area contributed by atoms with Crippen LogP contribution in [-0.4, -0.2) is 21.5 Å². The molecule has 0 aliphatic carbocycles. The van der Waals surface area contributed by atoms with E-state index in [-0.39, 0.29) is 22.0 Å². The zero-order valence-corrected chi connectivity index (χ0v) is 15.5. The molecule has 1 N–H and O–H groups in total. The van der Waals surface area contributed by atoms with Crippen LogP contribution in [0.1, 0.15) is 27.4 Å². The molecule has 6 nitrogen and oxygen atoms in total. The second kappa shape index (κ2) is 6.37. The standard InChI is InChI=1S/C15H16BrNO5S/c1-8-5-6-11(7-12(8)16)17-23(19,20)14-10(3)22-9(2)13(14)15(18)21-4/h5-7,17H,1-4H3. The lowest BCUT2D eigenvalue weighted by Crippen LogP contribution is -2.17. The van der Waals surface area contributed by atoms with Gasteiger partial charge in [0.05, 0.1) is 7.11 Å². The van der Waals surface area contributed by atoms with E-state index in [1.807, 2.05) is 6.92 Å². The predicted molar refractivity (Wildman–Crippen MR) is 89.2 cm³/mol. The highest BCUT2D eigenvalue weighted by molar-refractivity contribution is 9.10. The number of carbonyl (C=O) groups excluding carboxylic acids is 1. The number of benzene rings is 1. The van der Waals surface area contributed by atoms with E-state index < -0.39 is 16.0 Å². The van der Waals surface area contributed by atoms with Crippen molar-refractivity contribution in [2.45, 2.75) is 25.7 Å². The molecular weight excluding hydrogens is 386 g/mol. The van der Waals surface area contributed by atoms with Crippen LogP contribution in [0.25, 0.3) is 0 Å². The number of rotatable bonds is 4. The van der Waals surface area contributed by atoms with Crippen LogP contribution in [-0.2, 0) is 14.8 Å². The van der Waals surface area contributed by atoms with Crippen molar-refractivity contribution < 1.29 is 22.4 Å². The fourth-order valence-corrected chi connectivity index (χ4v) is 4.02. The van der Waals surface area contributed by atoms with Crippen LogP contribution in [0.3, 0.4) is 0 Å². The molecule has 0 saturated carbocycles. The van der Waals surface area contributed by atoms with Crippen LogP contribution >= 0.6 is 15.9 Å². The number of furan rings is 1. The summed E-state index contributed by atoms with van der Waals surface area (Å²) in [6.07, 6.45) is 0. The highest BCUT2D eigenvalue weighted by atomic mass is 79.9. The van der Waals surface area contributed by atoms with E-state index in [9.17, 15) is 13.2 Å². The molecule has 1 aromatic heterocycles. The fraction of sp³-hybridized carbons (Fsp3) is 0.267. The Morgan fingerprint density at radius 2 is 1.87 bits per heavy atom. The van der Waals surface area contributed by atoms with E-state index in [1.165, 1.54) is 21.0 Å². The largest absolute Gasteiger partial charge is 0.465 e. The molecule has 0 aliphatic heterocycles. The summed E-state index contributed by atoms with van der Waals surface area (Å²) in [7, 11) is -2.82. The molecule has 0 fully saturated rings. The van der Waals surface area contributed by atoms with E-state index in [1.54, 1.807) is 18.2 Å². The van der Waals surface area contributed by atoms with Gasteiger partial charge in [0.2, 0.25) is 0 Å². The van der Waals surface area contributed by atoms with Crippen molar-refractivity contribution in [2.75, 3.05) is 11.8 Å². The molecule has 124 valence electrons. The first-order valence-electron chi connectivity index (χ1n) is 6.64. The van der Waals surface area contributed by atoms with E-state index in [0.29, 0.717) is 5.69 Å². The molecule has 1 aromatic carbocycles. The number of esters is 1. The van der Waals surface area contributed by atoms with Crippen LogP contribution in [0.15, 0.2) is 32.0 Å². The Morgan fingerprint density at radius 1 is 1.22 bits per heavy atom. The molecular formula is C15H16BrNO5S. The monoisotopic (exact) mass is 401 g/mol. The number of carbonyl (C=O) groups is 1. The van der Waals surface area contributed by atoms with Crippen molar-refractivity contribution in [3.05, 3.63) is 45.3 Å². The molecule has 1 heterocycles. The minimum Gasteiger partial charge on any atom is -0.465 e. The van der Waals surface area contributed by atoms with Gasteiger partial charge in [-0.3, -0.25) is 4.72 Å². The van der Waals surface area contributed by atoms with Gasteiger partial charge in [0, 0.05) is 10.2 Å². The molecule has 2 rings (SSSR count).